The highest BCUT2D eigenvalue weighted by Gasteiger charge is 2.04. The number of rotatable bonds is 4. The number of methoxy groups -OCH3 is 1. The average Bonchev–Trinajstić information content (AvgIpc) is 2.27. The van der Waals surface area contributed by atoms with Crippen LogP contribution in [-0.2, 0) is 11.2 Å². The van der Waals surface area contributed by atoms with Gasteiger partial charge in [-0.15, -0.1) is 0 Å². The first-order valence-corrected chi connectivity index (χ1v) is 5.47. The minimum Gasteiger partial charge on any atom is -0.496 e. The Hall–Kier alpha value is -1.54. The Morgan fingerprint density at radius 1 is 1.62 bits per heavy atom. The Morgan fingerprint density at radius 2 is 2.38 bits per heavy atom. The third-order valence-corrected chi connectivity index (χ3v) is 2.67. The average molecular weight is 283 g/mol. The molecule has 0 aliphatic heterocycles. The maximum atomic E-state index is 11.1. The lowest BCUT2D eigenvalue weighted by molar-refractivity contribution is -0.119. The Kier molecular flexibility index (Phi) is 4.80. The van der Waals surface area contributed by atoms with Crippen LogP contribution < -0.4 is 10.1 Å². The van der Waals surface area contributed by atoms with Crippen molar-refractivity contribution in [2.75, 3.05) is 7.11 Å². The summed E-state index contributed by atoms with van der Waals surface area (Å²) in [5.74, 6) is 0.486. The van der Waals surface area contributed by atoms with Crippen LogP contribution in [0, 0.1) is 11.5 Å². The van der Waals surface area contributed by atoms with Crippen molar-refractivity contribution in [2.45, 2.75) is 12.8 Å². The summed E-state index contributed by atoms with van der Waals surface area (Å²) in [4.78, 5) is 11.1. The number of amides is 1. The van der Waals surface area contributed by atoms with E-state index >= 15 is 0 Å². The predicted octanol–water partition coefficient (Wildman–Crippen LogP) is 1.99. The molecule has 1 N–H and O–H groups in total. The quantitative estimate of drug-likeness (QED) is 0.679. The van der Waals surface area contributed by atoms with Crippen LogP contribution in [0.3, 0.4) is 0 Å². The van der Waals surface area contributed by atoms with Crippen molar-refractivity contribution in [1.29, 1.82) is 5.26 Å². The molecule has 0 saturated heterocycles. The Labute approximate surface area is 102 Å². The molecule has 5 heteroatoms. The van der Waals surface area contributed by atoms with Gasteiger partial charge in [0.25, 0.3) is 0 Å². The highest BCUT2D eigenvalue weighted by molar-refractivity contribution is 9.10. The fourth-order valence-corrected chi connectivity index (χ4v) is 1.84. The second-order valence-electron chi connectivity index (χ2n) is 3.13. The van der Waals surface area contributed by atoms with E-state index in [1.807, 2.05) is 18.2 Å². The van der Waals surface area contributed by atoms with E-state index in [0.717, 1.165) is 15.8 Å². The molecule has 1 amide bonds. The van der Waals surface area contributed by atoms with Gasteiger partial charge in [-0.25, -0.2) is 0 Å². The number of carbonyl (C=O) groups excluding carboxylic acids is 1. The number of nitrogens with one attached hydrogen (secondary N) is 1. The number of nitrogens with zero attached hydrogens (tertiary/aromatic N) is 1. The normalized spacial score (nSPS) is 9.31. The molecule has 0 radical (unpaired) electrons. The van der Waals surface area contributed by atoms with Gasteiger partial charge < -0.3 is 4.74 Å². The van der Waals surface area contributed by atoms with E-state index in [-0.39, 0.29) is 5.91 Å². The van der Waals surface area contributed by atoms with Crippen molar-refractivity contribution in [1.82, 2.24) is 5.32 Å². The number of nitriles is 1. The fourth-order valence-electron chi connectivity index (χ4n) is 1.25. The van der Waals surface area contributed by atoms with E-state index in [1.54, 1.807) is 13.3 Å². The van der Waals surface area contributed by atoms with E-state index in [9.17, 15) is 4.79 Å². The summed E-state index contributed by atoms with van der Waals surface area (Å²) in [6, 6.07) is 5.63. The number of hydrogen-bond donors (Lipinski definition) is 1. The predicted molar refractivity (Wildman–Crippen MR) is 62.8 cm³/mol. The van der Waals surface area contributed by atoms with Gasteiger partial charge in [-0.2, -0.15) is 5.26 Å². The monoisotopic (exact) mass is 282 g/mol. The molecule has 1 aromatic carbocycles. The van der Waals surface area contributed by atoms with Crippen LogP contribution >= 0.6 is 15.9 Å². The van der Waals surface area contributed by atoms with Gasteiger partial charge in [0.05, 0.1) is 11.6 Å². The molecule has 84 valence electrons. The molecule has 0 aliphatic carbocycles. The van der Waals surface area contributed by atoms with Crippen LogP contribution in [-0.4, -0.2) is 13.0 Å². The summed E-state index contributed by atoms with van der Waals surface area (Å²) < 4.78 is 5.95. The molecule has 0 bridgehead atoms. The van der Waals surface area contributed by atoms with Gasteiger partial charge in [-0.05, 0) is 40.0 Å². The van der Waals surface area contributed by atoms with Crippen molar-refractivity contribution < 1.29 is 9.53 Å². The zero-order valence-electron chi connectivity index (χ0n) is 8.79. The van der Waals surface area contributed by atoms with Gasteiger partial charge in [-0.1, -0.05) is 6.07 Å². The largest absolute Gasteiger partial charge is 0.496 e. The first kappa shape index (κ1) is 12.5. The summed E-state index contributed by atoms with van der Waals surface area (Å²) in [7, 11) is 1.60. The number of benzene rings is 1. The number of ether oxygens (including phenoxy) is 1. The van der Waals surface area contributed by atoms with E-state index < -0.39 is 0 Å². The first-order chi connectivity index (χ1) is 7.67. The number of carbonyl (C=O) groups is 1. The highest BCUT2D eigenvalue weighted by Crippen LogP contribution is 2.25. The summed E-state index contributed by atoms with van der Waals surface area (Å²) in [5.41, 5.74) is 1.01. The number of halogens is 1. The maximum absolute atomic E-state index is 11.1. The van der Waals surface area contributed by atoms with Gasteiger partial charge >= 0.3 is 0 Å². The lowest BCUT2D eigenvalue weighted by Crippen LogP contribution is -2.17. The van der Waals surface area contributed by atoms with Crippen LogP contribution in [0.1, 0.15) is 12.0 Å². The molecule has 1 aromatic rings. The maximum Gasteiger partial charge on any atom is 0.233 e. The third-order valence-electron chi connectivity index (χ3n) is 2.05. The topological polar surface area (TPSA) is 62.1 Å². The SMILES string of the molecule is COc1ccc(CCC(=O)NC#N)cc1Br. The molecule has 0 fully saturated rings. The second-order valence-corrected chi connectivity index (χ2v) is 3.98. The molecule has 0 unspecified atom stereocenters. The van der Waals surface area contributed by atoms with E-state index in [1.165, 1.54) is 0 Å². The highest BCUT2D eigenvalue weighted by atomic mass is 79.9. The van der Waals surface area contributed by atoms with Crippen molar-refractivity contribution in [3.8, 4) is 11.9 Å². The molecule has 0 saturated carbocycles. The smallest absolute Gasteiger partial charge is 0.233 e. The van der Waals surface area contributed by atoms with Gasteiger partial charge in [-0.3, -0.25) is 10.1 Å². The molecule has 16 heavy (non-hydrogen) atoms. The van der Waals surface area contributed by atoms with E-state index in [0.29, 0.717) is 12.8 Å². The minimum atomic E-state index is -0.269. The summed E-state index contributed by atoms with van der Waals surface area (Å²) in [6.45, 7) is 0. The number of aryl methyl sites for hydroxylation is 1. The number of hydrogen-bond acceptors (Lipinski definition) is 3. The Balaban J connectivity index is 2.59. The summed E-state index contributed by atoms with van der Waals surface area (Å²) in [6.07, 6.45) is 2.50. The fraction of sp³-hybridized carbons (Fsp3) is 0.273. The molecule has 4 nitrogen and oxygen atoms in total. The summed E-state index contributed by atoms with van der Waals surface area (Å²) >= 11 is 3.37. The van der Waals surface area contributed by atoms with Gasteiger partial charge in [0.15, 0.2) is 6.19 Å². The van der Waals surface area contributed by atoms with Crippen LogP contribution in [0.15, 0.2) is 22.7 Å². The molecule has 0 heterocycles. The molecular weight excluding hydrogens is 272 g/mol. The molecule has 0 aromatic heterocycles. The molecular formula is C11H11BrN2O2. The third kappa shape index (κ3) is 3.55. The standard InChI is InChI=1S/C11H11BrN2O2/c1-16-10-4-2-8(6-9(10)12)3-5-11(15)14-7-13/h2,4,6H,3,5H2,1H3,(H,14,15). The Bertz CT molecular complexity index is 426. The lowest BCUT2D eigenvalue weighted by atomic mass is 10.1. The zero-order chi connectivity index (χ0) is 12.0. The van der Waals surface area contributed by atoms with Gasteiger partial charge in [0.1, 0.15) is 5.75 Å². The van der Waals surface area contributed by atoms with Crippen molar-refractivity contribution in [3.63, 3.8) is 0 Å². The second kappa shape index (κ2) is 6.13. The molecule has 1 rings (SSSR count). The summed E-state index contributed by atoms with van der Waals surface area (Å²) in [5, 5.41) is 10.3. The lowest BCUT2D eigenvalue weighted by Gasteiger charge is -2.05. The van der Waals surface area contributed by atoms with Crippen LogP contribution in [0.4, 0.5) is 0 Å². The van der Waals surface area contributed by atoms with Crippen molar-refractivity contribution >= 4 is 21.8 Å². The minimum absolute atomic E-state index is 0.269. The van der Waals surface area contributed by atoms with Gasteiger partial charge in [0.2, 0.25) is 5.91 Å². The molecule has 0 atom stereocenters. The zero-order valence-corrected chi connectivity index (χ0v) is 10.4. The van der Waals surface area contributed by atoms with E-state index in [4.69, 9.17) is 10.00 Å². The van der Waals surface area contributed by atoms with Crippen LogP contribution in [0.2, 0.25) is 0 Å². The van der Waals surface area contributed by atoms with Crippen LogP contribution in [0.5, 0.6) is 5.75 Å². The molecule has 0 spiro atoms. The van der Waals surface area contributed by atoms with E-state index in [2.05, 4.69) is 21.2 Å². The Morgan fingerprint density at radius 3 is 2.94 bits per heavy atom. The van der Waals surface area contributed by atoms with Crippen molar-refractivity contribution in [3.05, 3.63) is 28.2 Å². The molecule has 0 aliphatic rings. The first-order valence-electron chi connectivity index (χ1n) is 4.67. The van der Waals surface area contributed by atoms with Crippen LogP contribution in [0.25, 0.3) is 0 Å². The van der Waals surface area contributed by atoms with Crippen molar-refractivity contribution in [2.24, 2.45) is 0 Å². The van der Waals surface area contributed by atoms with Gasteiger partial charge in [0, 0.05) is 6.42 Å².